The fourth-order valence-corrected chi connectivity index (χ4v) is 1.48. The Bertz CT molecular complexity index is 98.3. The molecule has 0 aliphatic carbocycles. The topological polar surface area (TPSA) is 24.5 Å². The summed E-state index contributed by atoms with van der Waals surface area (Å²) < 4.78 is 5.59. The van der Waals surface area contributed by atoms with Crippen LogP contribution in [0.2, 0.25) is 0 Å². The first kappa shape index (κ1) is 8.97. The van der Waals surface area contributed by atoms with Crippen molar-refractivity contribution in [3.63, 3.8) is 0 Å². The van der Waals surface area contributed by atoms with E-state index in [1.165, 1.54) is 12.8 Å². The maximum absolute atomic E-state index is 5.59. The first-order chi connectivity index (χ1) is 5.38. The monoisotopic (exact) mass is 158 g/mol. The molecule has 1 atom stereocenters. The van der Waals surface area contributed by atoms with E-state index in [0.717, 1.165) is 19.6 Å². The highest BCUT2D eigenvalue weighted by atomic mass is 16.5. The molecule has 1 aliphatic rings. The Labute approximate surface area is 68.7 Å². The van der Waals surface area contributed by atoms with Crippen molar-refractivity contribution >= 4 is 0 Å². The van der Waals surface area contributed by atoms with Crippen LogP contribution in [0, 0.1) is 0 Å². The van der Waals surface area contributed by atoms with Gasteiger partial charge in [-0.15, -0.1) is 0 Å². The molecule has 0 aromatic rings. The smallest absolute Gasteiger partial charge is 0.122 e. The third-order valence-corrected chi connectivity index (χ3v) is 2.13. The van der Waals surface area contributed by atoms with Crippen molar-refractivity contribution in [2.45, 2.75) is 32.4 Å². The molecule has 11 heavy (non-hydrogen) atoms. The van der Waals surface area contributed by atoms with E-state index in [-0.39, 0.29) is 0 Å². The Morgan fingerprint density at radius 1 is 1.55 bits per heavy atom. The van der Waals surface area contributed by atoms with Crippen molar-refractivity contribution < 1.29 is 4.74 Å². The Morgan fingerprint density at radius 2 is 2.36 bits per heavy atom. The first-order valence-electron chi connectivity index (χ1n) is 4.44. The average molecular weight is 158 g/mol. The largest absolute Gasteiger partial charge is 0.362 e. The van der Waals surface area contributed by atoms with Crippen LogP contribution in [0.3, 0.4) is 0 Å². The van der Waals surface area contributed by atoms with Crippen LogP contribution >= 0.6 is 0 Å². The van der Waals surface area contributed by atoms with Gasteiger partial charge in [-0.3, -0.25) is 5.43 Å². The summed E-state index contributed by atoms with van der Waals surface area (Å²) >= 11 is 0. The lowest BCUT2D eigenvalue weighted by molar-refractivity contribution is -0.102. The molecule has 0 radical (unpaired) electrons. The molecule has 0 saturated carbocycles. The van der Waals surface area contributed by atoms with E-state index in [4.69, 9.17) is 4.74 Å². The molecule has 0 amide bonds. The lowest BCUT2D eigenvalue weighted by atomic mass is 10.2. The standard InChI is InChI=1S/C8H18N2O/c1-3-10(9-2)8-6-4-5-7-11-8/h8-9H,3-7H2,1-2H3. The SMILES string of the molecule is CCN(NC)C1CCCCO1. The Hall–Kier alpha value is -0.120. The van der Waals surface area contributed by atoms with Gasteiger partial charge >= 0.3 is 0 Å². The van der Waals surface area contributed by atoms with Gasteiger partial charge in [0, 0.05) is 13.2 Å². The average Bonchev–Trinajstić information content (AvgIpc) is 2.09. The van der Waals surface area contributed by atoms with Gasteiger partial charge < -0.3 is 4.74 Å². The second-order valence-corrected chi connectivity index (χ2v) is 2.83. The third-order valence-electron chi connectivity index (χ3n) is 2.13. The van der Waals surface area contributed by atoms with Gasteiger partial charge in [-0.25, -0.2) is 5.01 Å². The molecule has 1 aliphatic heterocycles. The highest BCUT2D eigenvalue weighted by Crippen LogP contribution is 2.14. The Kier molecular flexibility index (Phi) is 3.83. The molecule has 1 unspecified atom stereocenters. The number of rotatable bonds is 3. The third kappa shape index (κ3) is 2.43. The van der Waals surface area contributed by atoms with Gasteiger partial charge in [0.1, 0.15) is 6.23 Å². The molecule has 1 N–H and O–H groups in total. The maximum atomic E-state index is 5.59. The summed E-state index contributed by atoms with van der Waals surface area (Å²) in [5, 5.41) is 2.14. The maximum Gasteiger partial charge on any atom is 0.122 e. The molecule has 3 heteroatoms. The van der Waals surface area contributed by atoms with Crippen LogP contribution in [0.15, 0.2) is 0 Å². The molecule has 66 valence electrons. The van der Waals surface area contributed by atoms with Crippen LogP contribution in [-0.2, 0) is 4.74 Å². The van der Waals surface area contributed by atoms with E-state index in [1.807, 2.05) is 7.05 Å². The van der Waals surface area contributed by atoms with E-state index in [0.29, 0.717) is 6.23 Å². The lowest BCUT2D eigenvalue weighted by Crippen LogP contribution is -2.46. The van der Waals surface area contributed by atoms with Crippen molar-refractivity contribution in [2.24, 2.45) is 0 Å². The lowest BCUT2D eigenvalue weighted by Gasteiger charge is -2.32. The zero-order valence-electron chi connectivity index (χ0n) is 7.47. The predicted octanol–water partition coefficient (Wildman–Crippen LogP) is 0.969. The van der Waals surface area contributed by atoms with Crippen LogP contribution in [-0.4, -0.2) is 31.4 Å². The van der Waals surface area contributed by atoms with Crippen LogP contribution < -0.4 is 5.43 Å². The van der Waals surface area contributed by atoms with Crippen LogP contribution in [0.5, 0.6) is 0 Å². The predicted molar refractivity (Wildman–Crippen MR) is 45.0 cm³/mol. The molecule has 3 nitrogen and oxygen atoms in total. The Balaban J connectivity index is 2.30. The van der Waals surface area contributed by atoms with E-state index in [1.54, 1.807) is 0 Å². The van der Waals surface area contributed by atoms with Crippen LogP contribution in [0.4, 0.5) is 0 Å². The summed E-state index contributed by atoms with van der Waals surface area (Å²) in [6, 6.07) is 0. The number of hydrogen-bond donors (Lipinski definition) is 1. The van der Waals surface area contributed by atoms with Crippen molar-refractivity contribution in [1.82, 2.24) is 10.4 Å². The number of hydrazine groups is 1. The molecule has 0 aromatic carbocycles. The van der Waals surface area contributed by atoms with Crippen molar-refractivity contribution in [2.75, 3.05) is 20.2 Å². The van der Waals surface area contributed by atoms with Gasteiger partial charge in [0.25, 0.3) is 0 Å². The second kappa shape index (κ2) is 4.70. The van der Waals surface area contributed by atoms with Gasteiger partial charge in [-0.1, -0.05) is 6.92 Å². The van der Waals surface area contributed by atoms with Crippen molar-refractivity contribution in [1.29, 1.82) is 0 Å². The molecule has 1 heterocycles. The highest BCUT2D eigenvalue weighted by Gasteiger charge is 2.18. The molecular formula is C8H18N2O. The molecule has 0 bridgehead atoms. The van der Waals surface area contributed by atoms with E-state index in [9.17, 15) is 0 Å². The molecular weight excluding hydrogens is 140 g/mol. The molecule has 0 spiro atoms. The number of hydrogen-bond acceptors (Lipinski definition) is 3. The highest BCUT2D eigenvalue weighted by molar-refractivity contribution is 4.61. The molecule has 1 rings (SSSR count). The van der Waals surface area contributed by atoms with Gasteiger partial charge in [0.15, 0.2) is 0 Å². The van der Waals surface area contributed by atoms with E-state index < -0.39 is 0 Å². The molecule has 1 saturated heterocycles. The molecule has 0 aromatic heterocycles. The summed E-state index contributed by atoms with van der Waals surface area (Å²) in [6.07, 6.45) is 3.98. The zero-order chi connectivity index (χ0) is 8.10. The van der Waals surface area contributed by atoms with Gasteiger partial charge in [-0.2, -0.15) is 0 Å². The summed E-state index contributed by atoms with van der Waals surface area (Å²) in [7, 11) is 1.95. The minimum absolute atomic E-state index is 0.304. The minimum atomic E-state index is 0.304. The van der Waals surface area contributed by atoms with Crippen molar-refractivity contribution in [3.8, 4) is 0 Å². The summed E-state index contributed by atoms with van der Waals surface area (Å²) in [4.78, 5) is 0. The molecule has 1 fully saturated rings. The second-order valence-electron chi connectivity index (χ2n) is 2.83. The van der Waals surface area contributed by atoms with E-state index >= 15 is 0 Å². The fourth-order valence-electron chi connectivity index (χ4n) is 1.48. The summed E-state index contributed by atoms with van der Waals surface area (Å²) in [6.45, 7) is 4.05. The van der Waals surface area contributed by atoms with Crippen LogP contribution in [0.25, 0.3) is 0 Å². The quantitative estimate of drug-likeness (QED) is 0.619. The van der Waals surface area contributed by atoms with Crippen LogP contribution in [0.1, 0.15) is 26.2 Å². The Morgan fingerprint density at radius 3 is 2.82 bits per heavy atom. The van der Waals surface area contributed by atoms with Gasteiger partial charge in [0.05, 0.1) is 0 Å². The van der Waals surface area contributed by atoms with Gasteiger partial charge in [0.2, 0.25) is 0 Å². The number of ether oxygens (including phenoxy) is 1. The summed E-state index contributed by atoms with van der Waals surface area (Å²) in [5.41, 5.74) is 3.13. The fraction of sp³-hybridized carbons (Fsp3) is 1.00. The minimum Gasteiger partial charge on any atom is -0.362 e. The zero-order valence-corrected chi connectivity index (χ0v) is 7.47. The van der Waals surface area contributed by atoms with Crippen molar-refractivity contribution in [3.05, 3.63) is 0 Å². The number of nitrogens with one attached hydrogen (secondary N) is 1. The van der Waals surface area contributed by atoms with E-state index in [2.05, 4.69) is 17.4 Å². The number of nitrogens with zero attached hydrogens (tertiary/aromatic N) is 1. The summed E-state index contributed by atoms with van der Waals surface area (Å²) in [5.74, 6) is 0. The normalized spacial score (nSPS) is 25.9. The first-order valence-corrected chi connectivity index (χ1v) is 4.44. The van der Waals surface area contributed by atoms with Gasteiger partial charge in [-0.05, 0) is 26.3 Å².